The Morgan fingerprint density at radius 3 is 3.00 bits per heavy atom. The molecule has 1 saturated heterocycles. The topological polar surface area (TPSA) is 24.4 Å². The van der Waals surface area contributed by atoms with Crippen molar-refractivity contribution < 1.29 is 0 Å². The van der Waals surface area contributed by atoms with E-state index < -0.39 is 0 Å². The molecular weight excluding hydrogens is 124 g/mol. The van der Waals surface area contributed by atoms with Crippen LogP contribution in [0.2, 0.25) is 0 Å². The molecule has 2 heteroatoms. The van der Waals surface area contributed by atoms with Crippen LogP contribution in [0.1, 0.15) is 19.3 Å². The van der Waals surface area contributed by atoms with E-state index in [1.54, 1.807) is 0 Å². The predicted octanol–water partition coefficient (Wildman–Crippen LogP) is 0.829. The Balaban J connectivity index is 1.91. The molecule has 0 aromatic heterocycles. The van der Waals surface area contributed by atoms with Gasteiger partial charge in [-0.2, -0.15) is 0 Å². The van der Waals surface area contributed by atoms with E-state index in [0.717, 1.165) is 18.5 Å². The molecule has 1 N–H and O–H groups in total. The van der Waals surface area contributed by atoms with E-state index in [-0.39, 0.29) is 0 Å². The minimum absolute atomic E-state index is 0.752. The van der Waals surface area contributed by atoms with Gasteiger partial charge in [-0.05, 0) is 25.8 Å². The van der Waals surface area contributed by atoms with Crippen molar-refractivity contribution in [1.82, 2.24) is 5.32 Å². The lowest BCUT2D eigenvalue weighted by molar-refractivity contribution is 0.487. The fraction of sp³-hybridized carbons (Fsp3) is 0.875. The molecule has 0 radical (unpaired) electrons. The van der Waals surface area contributed by atoms with Gasteiger partial charge in [0, 0.05) is 24.7 Å². The van der Waals surface area contributed by atoms with Crippen LogP contribution in [-0.4, -0.2) is 25.3 Å². The molecule has 0 amide bonds. The third-order valence-electron chi connectivity index (χ3n) is 2.50. The Bertz CT molecular complexity index is 136. The zero-order chi connectivity index (χ0) is 6.81. The van der Waals surface area contributed by atoms with Crippen LogP contribution < -0.4 is 5.32 Å². The number of hydrogen-bond acceptors (Lipinski definition) is 2. The van der Waals surface area contributed by atoms with Gasteiger partial charge in [0.05, 0.1) is 0 Å². The number of nitrogens with zero attached hydrogens (tertiary/aromatic N) is 1. The van der Waals surface area contributed by atoms with E-state index in [1.165, 1.54) is 25.8 Å². The Hall–Kier alpha value is -0.370. The number of hydrogen-bond donors (Lipinski definition) is 1. The molecule has 10 heavy (non-hydrogen) atoms. The molecule has 0 bridgehead atoms. The average molecular weight is 138 g/mol. The van der Waals surface area contributed by atoms with Gasteiger partial charge in [0.1, 0.15) is 0 Å². The molecule has 0 aromatic rings. The van der Waals surface area contributed by atoms with Crippen molar-refractivity contribution in [2.24, 2.45) is 10.9 Å². The molecule has 2 atom stereocenters. The highest BCUT2D eigenvalue weighted by Gasteiger charge is 2.24. The van der Waals surface area contributed by atoms with E-state index >= 15 is 0 Å². The molecule has 1 fully saturated rings. The van der Waals surface area contributed by atoms with E-state index in [0.29, 0.717) is 0 Å². The largest absolute Gasteiger partial charge is 0.313 e. The summed E-state index contributed by atoms with van der Waals surface area (Å²) in [5.74, 6) is 0.752. The van der Waals surface area contributed by atoms with Gasteiger partial charge in [0.2, 0.25) is 0 Å². The van der Waals surface area contributed by atoms with Gasteiger partial charge in [-0.3, -0.25) is 4.99 Å². The summed E-state index contributed by atoms with van der Waals surface area (Å²) in [6.07, 6.45) is 6.13. The van der Waals surface area contributed by atoms with Crippen LogP contribution in [0.3, 0.4) is 0 Å². The van der Waals surface area contributed by atoms with Crippen LogP contribution in [0.25, 0.3) is 0 Å². The normalized spacial score (nSPS) is 39.2. The van der Waals surface area contributed by atoms with Crippen LogP contribution in [0, 0.1) is 5.92 Å². The minimum Gasteiger partial charge on any atom is -0.313 e. The standard InChI is InChI=1S/C8H14N2/c1-2-8(10-4-1)7-3-5-9-6-7/h6-8,10H,1-5H2. The van der Waals surface area contributed by atoms with Crippen molar-refractivity contribution in [2.45, 2.75) is 25.3 Å². The van der Waals surface area contributed by atoms with Crippen LogP contribution in [0.4, 0.5) is 0 Å². The maximum absolute atomic E-state index is 4.24. The van der Waals surface area contributed by atoms with Crippen LogP contribution in [0.15, 0.2) is 4.99 Å². The lowest BCUT2D eigenvalue weighted by Gasteiger charge is -2.14. The van der Waals surface area contributed by atoms with E-state index in [4.69, 9.17) is 0 Å². The summed E-state index contributed by atoms with van der Waals surface area (Å²) in [4.78, 5) is 4.24. The second-order valence-electron chi connectivity index (χ2n) is 3.21. The third kappa shape index (κ3) is 1.08. The zero-order valence-electron chi connectivity index (χ0n) is 6.21. The summed E-state index contributed by atoms with van der Waals surface area (Å²) in [6.45, 7) is 2.28. The van der Waals surface area contributed by atoms with E-state index in [1.807, 2.05) is 0 Å². The zero-order valence-corrected chi connectivity index (χ0v) is 6.21. The van der Waals surface area contributed by atoms with Crippen molar-refractivity contribution in [3.8, 4) is 0 Å². The van der Waals surface area contributed by atoms with Crippen molar-refractivity contribution in [3.05, 3.63) is 0 Å². The Kier molecular flexibility index (Phi) is 1.72. The SMILES string of the molecule is C1=NCCC1C1CCCN1. The van der Waals surface area contributed by atoms with Crippen LogP contribution in [-0.2, 0) is 0 Å². The van der Waals surface area contributed by atoms with Gasteiger partial charge < -0.3 is 5.32 Å². The smallest absolute Gasteiger partial charge is 0.0392 e. The van der Waals surface area contributed by atoms with Crippen molar-refractivity contribution >= 4 is 6.21 Å². The van der Waals surface area contributed by atoms with Gasteiger partial charge in [0.15, 0.2) is 0 Å². The summed E-state index contributed by atoms with van der Waals surface area (Å²) in [5, 5.41) is 3.51. The van der Waals surface area contributed by atoms with Crippen molar-refractivity contribution in [2.75, 3.05) is 13.1 Å². The molecule has 2 aliphatic heterocycles. The van der Waals surface area contributed by atoms with Gasteiger partial charge in [-0.1, -0.05) is 0 Å². The molecule has 0 aromatic carbocycles. The maximum atomic E-state index is 4.24. The molecule has 2 rings (SSSR count). The maximum Gasteiger partial charge on any atom is 0.0392 e. The number of aliphatic imine (C=N–C) groups is 1. The summed E-state index contributed by atoms with van der Waals surface area (Å²) in [5.41, 5.74) is 0. The molecular formula is C8H14N2. The highest BCUT2D eigenvalue weighted by Crippen LogP contribution is 2.19. The predicted molar refractivity (Wildman–Crippen MR) is 42.5 cm³/mol. The second kappa shape index (κ2) is 2.70. The molecule has 2 unspecified atom stereocenters. The molecule has 0 saturated carbocycles. The molecule has 2 nitrogen and oxygen atoms in total. The van der Waals surface area contributed by atoms with E-state index in [9.17, 15) is 0 Å². The molecule has 2 aliphatic rings. The molecule has 0 aliphatic carbocycles. The lowest BCUT2D eigenvalue weighted by Crippen LogP contribution is -2.30. The fourth-order valence-corrected chi connectivity index (χ4v) is 1.89. The first-order valence-electron chi connectivity index (χ1n) is 4.20. The van der Waals surface area contributed by atoms with E-state index in [2.05, 4.69) is 16.5 Å². The first-order chi connectivity index (χ1) is 4.97. The molecule has 2 heterocycles. The summed E-state index contributed by atoms with van der Waals surface area (Å²) in [7, 11) is 0. The summed E-state index contributed by atoms with van der Waals surface area (Å²) < 4.78 is 0. The summed E-state index contributed by atoms with van der Waals surface area (Å²) in [6, 6.07) is 0.756. The first-order valence-corrected chi connectivity index (χ1v) is 4.20. The van der Waals surface area contributed by atoms with Crippen LogP contribution in [0.5, 0.6) is 0 Å². The summed E-state index contributed by atoms with van der Waals surface area (Å²) >= 11 is 0. The third-order valence-corrected chi connectivity index (χ3v) is 2.50. The minimum atomic E-state index is 0.752. The van der Waals surface area contributed by atoms with Crippen LogP contribution >= 0.6 is 0 Å². The molecule has 56 valence electrons. The van der Waals surface area contributed by atoms with Gasteiger partial charge in [-0.15, -0.1) is 0 Å². The highest BCUT2D eigenvalue weighted by atomic mass is 15.0. The van der Waals surface area contributed by atoms with Crippen molar-refractivity contribution in [1.29, 1.82) is 0 Å². The quantitative estimate of drug-likeness (QED) is 0.570. The molecule has 0 spiro atoms. The lowest BCUT2D eigenvalue weighted by atomic mass is 9.98. The highest BCUT2D eigenvalue weighted by molar-refractivity contribution is 5.63. The Morgan fingerprint density at radius 1 is 1.40 bits per heavy atom. The fourth-order valence-electron chi connectivity index (χ4n) is 1.89. The first kappa shape index (κ1) is 6.35. The van der Waals surface area contributed by atoms with Gasteiger partial charge in [-0.25, -0.2) is 0 Å². The Labute approximate surface area is 61.7 Å². The van der Waals surface area contributed by atoms with Crippen molar-refractivity contribution in [3.63, 3.8) is 0 Å². The Morgan fingerprint density at radius 2 is 2.40 bits per heavy atom. The monoisotopic (exact) mass is 138 g/mol. The number of rotatable bonds is 1. The number of nitrogens with one attached hydrogen (secondary N) is 1. The second-order valence-corrected chi connectivity index (χ2v) is 3.21. The average Bonchev–Trinajstić information content (AvgIpc) is 2.59. The van der Waals surface area contributed by atoms with Gasteiger partial charge in [0.25, 0.3) is 0 Å². The van der Waals surface area contributed by atoms with Gasteiger partial charge >= 0.3 is 0 Å².